The Balaban J connectivity index is 2.71. The molecule has 1 rings (SSSR count). The highest BCUT2D eigenvalue weighted by Gasteiger charge is 2.13. The second-order valence-corrected chi connectivity index (χ2v) is 5.52. The first-order chi connectivity index (χ1) is 9.41. The van der Waals surface area contributed by atoms with Crippen molar-refractivity contribution in [1.82, 2.24) is 5.32 Å². The van der Waals surface area contributed by atoms with Crippen LogP contribution in [0.1, 0.15) is 20.8 Å². The lowest BCUT2D eigenvalue weighted by Crippen LogP contribution is -2.38. The van der Waals surface area contributed by atoms with Gasteiger partial charge < -0.3 is 24.8 Å². The molecule has 5 nitrogen and oxygen atoms in total. The highest BCUT2D eigenvalue weighted by atomic mass is 16.5. The maximum Gasteiger partial charge on any atom is 0.203 e. The molecule has 0 amide bonds. The fourth-order valence-electron chi connectivity index (χ4n) is 1.83. The lowest BCUT2D eigenvalue weighted by Gasteiger charge is -2.21. The van der Waals surface area contributed by atoms with Gasteiger partial charge in [0.25, 0.3) is 0 Å². The number of rotatable bonds is 7. The van der Waals surface area contributed by atoms with Crippen molar-refractivity contribution in [2.45, 2.75) is 26.3 Å². The van der Waals surface area contributed by atoms with Gasteiger partial charge in [-0.3, -0.25) is 0 Å². The van der Waals surface area contributed by atoms with Crippen molar-refractivity contribution in [1.29, 1.82) is 0 Å². The third-order valence-electron chi connectivity index (χ3n) is 2.77. The van der Waals surface area contributed by atoms with Gasteiger partial charge in [-0.1, -0.05) is 0 Å². The van der Waals surface area contributed by atoms with Crippen LogP contribution in [0.25, 0.3) is 0 Å². The molecule has 0 bridgehead atoms. The summed E-state index contributed by atoms with van der Waals surface area (Å²) in [7, 11) is 4.82. The van der Waals surface area contributed by atoms with Gasteiger partial charge in [0.05, 0.1) is 21.3 Å². The van der Waals surface area contributed by atoms with E-state index < -0.39 is 0 Å². The van der Waals surface area contributed by atoms with Gasteiger partial charge >= 0.3 is 0 Å². The number of anilines is 1. The van der Waals surface area contributed by atoms with E-state index in [2.05, 4.69) is 31.4 Å². The van der Waals surface area contributed by atoms with Gasteiger partial charge in [-0.25, -0.2) is 0 Å². The first kappa shape index (κ1) is 16.4. The van der Waals surface area contributed by atoms with Crippen molar-refractivity contribution in [3.8, 4) is 17.2 Å². The van der Waals surface area contributed by atoms with E-state index in [1.165, 1.54) is 0 Å². The predicted octanol–water partition coefficient (Wildman–Crippen LogP) is 2.51. The van der Waals surface area contributed by atoms with Gasteiger partial charge in [-0.05, 0) is 20.8 Å². The van der Waals surface area contributed by atoms with E-state index in [-0.39, 0.29) is 5.54 Å². The fourth-order valence-corrected chi connectivity index (χ4v) is 1.83. The quantitative estimate of drug-likeness (QED) is 0.753. The minimum absolute atomic E-state index is 0.122. The highest BCUT2D eigenvalue weighted by Crippen LogP contribution is 2.39. The zero-order valence-electron chi connectivity index (χ0n) is 13.3. The van der Waals surface area contributed by atoms with Crippen molar-refractivity contribution < 1.29 is 14.2 Å². The van der Waals surface area contributed by atoms with Crippen molar-refractivity contribution in [3.05, 3.63) is 12.1 Å². The Kier molecular flexibility index (Phi) is 5.95. The van der Waals surface area contributed by atoms with Gasteiger partial charge in [0.1, 0.15) is 0 Å². The standard InChI is InChI=1S/C15H26N2O3/c1-15(2,3)17-8-7-16-11-9-12(18-4)14(20-6)13(10-11)19-5/h9-10,16-17H,7-8H2,1-6H3. The normalized spacial score (nSPS) is 11.1. The van der Waals surface area contributed by atoms with Crippen LogP contribution in [-0.2, 0) is 0 Å². The van der Waals surface area contributed by atoms with Gasteiger partial charge in [-0.15, -0.1) is 0 Å². The summed E-state index contributed by atoms with van der Waals surface area (Å²) in [6.45, 7) is 8.13. The number of ether oxygens (including phenoxy) is 3. The molecule has 0 aliphatic carbocycles. The molecule has 0 aliphatic rings. The number of nitrogens with one attached hydrogen (secondary N) is 2. The van der Waals surface area contributed by atoms with Crippen LogP contribution < -0.4 is 24.8 Å². The number of hydrogen-bond donors (Lipinski definition) is 2. The minimum Gasteiger partial charge on any atom is -0.493 e. The molecule has 20 heavy (non-hydrogen) atoms. The summed E-state index contributed by atoms with van der Waals surface area (Å²) in [5, 5.41) is 6.76. The Bertz CT molecular complexity index is 403. The SMILES string of the molecule is COc1cc(NCCNC(C)(C)C)cc(OC)c1OC. The molecule has 0 aromatic heterocycles. The molecule has 0 radical (unpaired) electrons. The van der Waals surface area contributed by atoms with Crippen molar-refractivity contribution in [2.75, 3.05) is 39.7 Å². The molecule has 0 saturated heterocycles. The van der Waals surface area contributed by atoms with Crippen LogP contribution in [0.15, 0.2) is 12.1 Å². The van der Waals surface area contributed by atoms with E-state index in [4.69, 9.17) is 14.2 Å². The second kappa shape index (κ2) is 7.24. The van der Waals surface area contributed by atoms with Gasteiger partial charge in [0, 0.05) is 36.4 Å². The van der Waals surface area contributed by atoms with E-state index in [0.717, 1.165) is 18.8 Å². The van der Waals surface area contributed by atoms with E-state index in [1.807, 2.05) is 12.1 Å². The first-order valence-corrected chi connectivity index (χ1v) is 6.70. The third kappa shape index (κ3) is 4.81. The molecule has 0 fully saturated rings. The predicted molar refractivity (Wildman–Crippen MR) is 82.3 cm³/mol. The third-order valence-corrected chi connectivity index (χ3v) is 2.77. The smallest absolute Gasteiger partial charge is 0.203 e. The zero-order valence-corrected chi connectivity index (χ0v) is 13.3. The van der Waals surface area contributed by atoms with E-state index in [1.54, 1.807) is 21.3 Å². The van der Waals surface area contributed by atoms with Gasteiger partial charge in [0.15, 0.2) is 11.5 Å². The minimum atomic E-state index is 0.122. The Morgan fingerprint density at radius 3 is 1.85 bits per heavy atom. The molecular weight excluding hydrogens is 256 g/mol. The Morgan fingerprint density at radius 2 is 1.45 bits per heavy atom. The monoisotopic (exact) mass is 282 g/mol. The fraction of sp³-hybridized carbons (Fsp3) is 0.600. The second-order valence-electron chi connectivity index (χ2n) is 5.52. The van der Waals surface area contributed by atoms with Crippen LogP contribution in [0.3, 0.4) is 0 Å². The molecule has 0 aliphatic heterocycles. The summed E-state index contributed by atoms with van der Waals surface area (Å²) in [6.07, 6.45) is 0. The summed E-state index contributed by atoms with van der Waals surface area (Å²) >= 11 is 0. The molecule has 0 heterocycles. The Labute approximate surface area is 121 Å². The average Bonchev–Trinajstić information content (AvgIpc) is 2.41. The maximum atomic E-state index is 5.32. The van der Waals surface area contributed by atoms with Crippen LogP contribution in [0.4, 0.5) is 5.69 Å². The first-order valence-electron chi connectivity index (χ1n) is 6.70. The maximum absolute atomic E-state index is 5.32. The molecule has 0 unspecified atom stereocenters. The largest absolute Gasteiger partial charge is 0.493 e. The molecule has 0 spiro atoms. The van der Waals surface area contributed by atoms with Crippen molar-refractivity contribution in [2.24, 2.45) is 0 Å². The molecule has 114 valence electrons. The average molecular weight is 282 g/mol. The van der Waals surface area contributed by atoms with Crippen LogP contribution in [-0.4, -0.2) is 40.0 Å². The van der Waals surface area contributed by atoms with E-state index in [9.17, 15) is 0 Å². The van der Waals surface area contributed by atoms with Gasteiger partial charge in [-0.2, -0.15) is 0 Å². The van der Waals surface area contributed by atoms with E-state index in [0.29, 0.717) is 17.2 Å². The van der Waals surface area contributed by atoms with Crippen LogP contribution in [0, 0.1) is 0 Å². The summed E-state index contributed by atoms with van der Waals surface area (Å²) < 4.78 is 15.9. The molecule has 1 aromatic carbocycles. The Hall–Kier alpha value is -1.62. The zero-order chi connectivity index (χ0) is 15.2. The number of hydrogen-bond acceptors (Lipinski definition) is 5. The lowest BCUT2D eigenvalue weighted by atomic mass is 10.1. The molecule has 2 N–H and O–H groups in total. The highest BCUT2D eigenvalue weighted by molar-refractivity contribution is 5.62. The molecule has 5 heteroatoms. The van der Waals surface area contributed by atoms with Crippen LogP contribution in [0.5, 0.6) is 17.2 Å². The topological polar surface area (TPSA) is 51.8 Å². The summed E-state index contributed by atoms with van der Waals surface area (Å²) in [4.78, 5) is 0. The molecular formula is C15H26N2O3. The van der Waals surface area contributed by atoms with Crippen LogP contribution >= 0.6 is 0 Å². The van der Waals surface area contributed by atoms with Crippen molar-refractivity contribution in [3.63, 3.8) is 0 Å². The number of methoxy groups -OCH3 is 3. The lowest BCUT2D eigenvalue weighted by molar-refractivity contribution is 0.324. The van der Waals surface area contributed by atoms with Crippen LogP contribution in [0.2, 0.25) is 0 Å². The van der Waals surface area contributed by atoms with E-state index >= 15 is 0 Å². The molecule has 0 atom stereocenters. The van der Waals surface area contributed by atoms with Gasteiger partial charge in [0.2, 0.25) is 5.75 Å². The summed E-state index contributed by atoms with van der Waals surface area (Å²) in [5.74, 6) is 1.91. The van der Waals surface area contributed by atoms with Crippen molar-refractivity contribution >= 4 is 5.69 Å². The number of benzene rings is 1. The Morgan fingerprint density at radius 1 is 0.900 bits per heavy atom. The summed E-state index contributed by atoms with van der Waals surface area (Å²) in [6, 6.07) is 3.80. The molecule has 0 saturated carbocycles. The molecule has 1 aromatic rings. The summed E-state index contributed by atoms with van der Waals surface area (Å²) in [5.41, 5.74) is 1.06.